The normalized spacial score (nSPS) is 13.6. The van der Waals surface area contributed by atoms with Crippen molar-refractivity contribution >= 4 is 5.91 Å². The maximum absolute atomic E-state index is 12.4. The number of aryl methyl sites for hydroxylation is 1. The number of aromatic nitrogens is 2. The Balaban J connectivity index is 1.56. The number of carbonyl (C=O) groups excluding carboxylic acids is 1. The second-order valence-electron chi connectivity index (χ2n) is 7.93. The Bertz CT molecular complexity index is 639. The van der Waals surface area contributed by atoms with Crippen LogP contribution in [0.3, 0.4) is 0 Å². The van der Waals surface area contributed by atoms with Crippen LogP contribution in [0.1, 0.15) is 101 Å². The molecule has 27 heavy (non-hydrogen) atoms. The van der Waals surface area contributed by atoms with Gasteiger partial charge >= 0.3 is 0 Å². The zero-order valence-electron chi connectivity index (χ0n) is 17.3. The first-order valence-corrected chi connectivity index (χ1v) is 11.0. The quantitative estimate of drug-likeness (QED) is 0.540. The van der Waals surface area contributed by atoms with E-state index in [1.807, 2.05) is 4.90 Å². The Hall–Kier alpha value is -1.65. The van der Waals surface area contributed by atoms with E-state index in [9.17, 15) is 9.59 Å². The van der Waals surface area contributed by atoms with E-state index in [-0.39, 0.29) is 11.5 Å². The molecule has 0 saturated carbocycles. The molecule has 1 N–H and O–H groups in total. The summed E-state index contributed by atoms with van der Waals surface area (Å²) in [6.45, 7) is 5.15. The van der Waals surface area contributed by atoms with Gasteiger partial charge in [0, 0.05) is 19.4 Å². The molecular weight excluding hydrogens is 338 g/mol. The molecule has 0 bridgehead atoms. The number of carbonyl (C=O) groups is 1. The third-order valence-electron chi connectivity index (χ3n) is 5.53. The summed E-state index contributed by atoms with van der Waals surface area (Å²) >= 11 is 0. The smallest absolute Gasteiger partial charge is 0.256 e. The highest BCUT2D eigenvalue weighted by atomic mass is 16.2. The average molecular weight is 376 g/mol. The van der Waals surface area contributed by atoms with Crippen molar-refractivity contribution in [1.29, 1.82) is 0 Å². The third-order valence-corrected chi connectivity index (χ3v) is 5.53. The number of hydrogen-bond acceptors (Lipinski definition) is 3. The summed E-state index contributed by atoms with van der Waals surface area (Å²) in [6, 6.07) is 0. The first-order chi connectivity index (χ1) is 13.1. The van der Waals surface area contributed by atoms with Gasteiger partial charge in [-0.2, -0.15) is 0 Å². The van der Waals surface area contributed by atoms with Crippen LogP contribution in [-0.4, -0.2) is 27.3 Å². The van der Waals surface area contributed by atoms with Crippen molar-refractivity contribution in [2.45, 2.75) is 104 Å². The molecule has 2 heterocycles. The molecule has 0 spiro atoms. The molecule has 5 nitrogen and oxygen atoms in total. The summed E-state index contributed by atoms with van der Waals surface area (Å²) in [6.07, 6.45) is 15.4. The molecule has 0 radical (unpaired) electrons. The van der Waals surface area contributed by atoms with Crippen LogP contribution in [0.5, 0.6) is 0 Å². The molecule has 2 rings (SSSR count). The summed E-state index contributed by atoms with van der Waals surface area (Å²) in [7, 11) is 0. The van der Waals surface area contributed by atoms with E-state index in [0.717, 1.165) is 18.5 Å². The lowest BCUT2D eigenvalue weighted by Gasteiger charge is -2.27. The highest BCUT2D eigenvalue weighted by Gasteiger charge is 2.23. The molecule has 0 atom stereocenters. The van der Waals surface area contributed by atoms with Gasteiger partial charge in [0.2, 0.25) is 5.91 Å². The largest absolute Gasteiger partial charge is 0.338 e. The third kappa shape index (κ3) is 7.47. The second-order valence-corrected chi connectivity index (χ2v) is 7.93. The predicted octanol–water partition coefficient (Wildman–Crippen LogP) is 4.66. The van der Waals surface area contributed by atoms with Crippen molar-refractivity contribution in [3.63, 3.8) is 0 Å². The molecule has 0 aromatic carbocycles. The number of unbranched alkanes of at least 4 members (excludes halogenated alkanes) is 10. The number of fused-ring (bicyclic) bond motifs is 1. The van der Waals surface area contributed by atoms with E-state index < -0.39 is 0 Å². The van der Waals surface area contributed by atoms with Gasteiger partial charge < -0.3 is 9.88 Å². The Morgan fingerprint density at radius 3 is 2.22 bits per heavy atom. The molecule has 152 valence electrons. The predicted molar refractivity (Wildman–Crippen MR) is 110 cm³/mol. The van der Waals surface area contributed by atoms with Crippen molar-refractivity contribution in [3.8, 4) is 0 Å². The number of H-pyrrole nitrogens is 1. The maximum atomic E-state index is 12.4. The van der Waals surface area contributed by atoms with Crippen LogP contribution < -0.4 is 5.56 Å². The standard InChI is InChI=1S/C22H37N3O2/c1-3-4-5-6-7-8-9-10-11-12-13-14-21(26)25-16-15-20-19(17-25)22(27)24-18(2)23-20/h3-17H2,1-2H3,(H,23,24,27). The number of aromatic amines is 1. The van der Waals surface area contributed by atoms with Crippen molar-refractivity contribution < 1.29 is 4.79 Å². The Morgan fingerprint density at radius 1 is 1.00 bits per heavy atom. The first-order valence-electron chi connectivity index (χ1n) is 11.0. The van der Waals surface area contributed by atoms with Gasteiger partial charge in [0.1, 0.15) is 5.82 Å². The van der Waals surface area contributed by atoms with Crippen molar-refractivity contribution in [3.05, 3.63) is 27.4 Å². The lowest BCUT2D eigenvalue weighted by atomic mass is 10.0. The highest BCUT2D eigenvalue weighted by molar-refractivity contribution is 5.76. The average Bonchev–Trinajstić information content (AvgIpc) is 2.65. The van der Waals surface area contributed by atoms with Crippen LogP contribution in [0.4, 0.5) is 0 Å². The molecule has 1 aromatic rings. The SMILES string of the molecule is CCCCCCCCCCCCCC(=O)N1CCc2nc(C)[nH]c(=O)c2C1. The van der Waals surface area contributed by atoms with Gasteiger partial charge in [-0.15, -0.1) is 0 Å². The molecule has 1 aliphatic heterocycles. The van der Waals surface area contributed by atoms with Crippen molar-refractivity contribution in [2.75, 3.05) is 6.54 Å². The summed E-state index contributed by atoms with van der Waals surface area (Å²) < 4.78 is 0. The Kier molecular flexibility index (Phi) is 9.57. The number of nitrogens with zero attached hydrogens (tertiary/aromatic N) is 2. The second kappa shape index (κ2) is 11.9. The van der Waals surface area contributed by atoms with Crippen molar-refractivity contribution in [1.82, 2.24) is 14.9 Å². The fourth-order valence-corrected chi connectivity index (χ4v) is 3.86. The fraction of sp³-hybridized carbons (Fsp3) is 0.773. The summed E-state index contributed by atoms with van der Waals surface area (Å²) in [4.78, 5) is 33.5. The van der Waals surface area contributed by atoms with Crippen LogP contribution in [0.25, 0.3) is 0 Å². The fourth-order valence-electron chi connectivity index (χ4n) is 3.86. The molecule has 0 aliphatic carbocycles. The van der Waals surface area contributed by atoms with Gasteiger partial charge in [-0.3, -0.25) is 9.59 Å². The van der Waals surface area contributed by atoms with Crippen molar-refractivity contribution in [2.24, 2.45) is 0 Å². The van der Waals surface area contributed by atoms with Crippen LogP contribution in [0.15, 0.2) is 4.79 Å². The topological polar surface area (TPSA) is 66.1 Å². The van der Waals surface area contributed by atoms with E-state index in [2.05, 4.69) is 16.9 Å². The maximum Gasteiger partial charge on any atom is 0.256 e. The molecule has 1 aromatic heterocycles. The van der Waals surface area contributed by atoms with Crippen LogP contribution in [-0.2, 0) is 17.8 Å². The number of nitrogens with one attached hydrogen (secondary N) is 1. The zero-order valence-corrected chi connectivity index (χ0v) is 17.3. The molecule has 0 saturated heterocycles. The summed E-state index contributed by atoms with van der Waals surface area (Å²) in [5.41, 5.74) is 1.43. The monoisotopic (exact) mass is 375 g/mol. The van der Waals surface area contributed by atoms with Gasteiger partial charge in [-0.1, -0.05) is 71.1 Å². The van der Waals surface area contributed by atoms with Crippen LogP contribution in [0, 0.1) is 6.92 Å². The minimum atomic E-state index is -0.0929. The number of hydrogen-bond donors (Lipinski definition) is 1. The van der Waals surface area contributed by atoms with Gasteiger partial charge in [0.25, 0.3) is 5.56 Å². The van der Waals surface area contributed by atoms with E-state index >= 15 is 0 Å². The molecule has 1 aliphatic rings. The van der Waals surface area contributed by atoms with E-state index in [0.29, 0.717) is 37.3 Å². The Morgan fingerprint density at radius 2 is 1.59 bits per heavy atom. The zero-order chi connectivity index (χ0) is 19.5. The minimum Gasteiger partial charge on any atom is -0.338 e. The number of amides is 1. The van der Waals surface area contributed by atoms with Crippen LogP contribution in [0.2, 0.25) is 0 Å². The summed E-state index contributed by atoms with van der Waals surface area (Å²) in [5.74, 6) is 0.830. The van der Waals surface area contributed by atoms with Gasteiger partial charge in [-0.05, 0) is 13.3 Å². The van der Waals surface area contributed by atoms with Crippen LogP contribution >= 0.6 is 0 Å². The highest BCUT2D eigenvalue weighted by Crippen LogP contribution is 2.16. The number of rotatable bonds is 12. The first kappa shape index (κ1) is 21.6. The Labute approximate surface area is 164 Å². The molecule has 0 unspecified atom stereocenters. The lowest BCUT2D eigenvalue weighted by Crippen LogP contribution is -2.39. The summed E-state index contributed by atoms with van der Waals surface area (Å²) in [5, 5.41) is 0. The lowest BCUT2D eigenvalue weighted by molar-refractivity contribution is -0.132. The molecular formula is C22H37N3O2. The van der Waals surface area contributed by atoms with E-state index in [4.69, 9.17) is 0 Å². The minimum absolute atomic E-state index is 0.0929. The van der Waals surface area contributed by atoms with Gasteiger partial charge in [0.05, 0.1) is 17.8 Å². The molecule has 1 amide bonds. The molecule has 0 fully saturated rings. The van der Waals surface area contributed by atoms with E-state index in [1.54, 1.807) is 6.92 Å². The van der Waals surface area contributed by atoms with Gasteiger partial charge in [-0.25, -0.2) is 4.98 Å². The molecule has 5 heteroatoms. The van der Waals surface area contributed by atoms with E-state index in [1.165, 1.54) is 57.8 Å². The van der Waals surface area contributed by atoms with Gasteiger partial charge in [0.15, 0.2) is 0 Å².